The van der Waals surface area contributed by atoms with E-state index in [1.54, 1.807) is 11.3 Å². The first kappa shape index (κ1) is 10.8. The Kier molecular flexibility index (Phi) is 3.18. The Labute approximate surface area is 99.8 Å². The van der Waals surface area contributed by atoms with Crippen molar-refractivity contribution < 1.29 is 4.42 Å². The lowest BCUT2D eigenvalue weighted by Crippen LogP contribution is -2.04. The maximum atomic E-state index is 5.48. The molecule has 0 atom stereocenters. The minimum absolute atomic E-state index is 0.582. The van der Waals surface area contributed by atoms with Gasteiger partial charge in [0.25, 0.3) is 5.89 Å². The van der Waals surface area contributed by atoms with Crippen molar-refractivity contribution in [2.24, 2.45) is 0 Å². The molecule has 2 heterocycles. The topological polar surface area (TPSA) is 51.0 Å². The van der Waals surface area contributed by atoms with Gasteiger partial charge in [-0.2, -0.15) is 0 Å². The number of aryl methyl sites for hydroxylation is 1. The Bertz CT molecular complexity index is 446. The number of hydrogen-bond acceptors (Lipinski definition) is 5. The second-order valence-electron chi connectivity index (χ2n) is 3.10. The van der Waals surface area contributed by atoms with Crippen LogP contribution in [-0.4, -0.2) is 17.2 Å². The van der Waals surface area contributed by atoms with Crippen LogP contribution in [-0.2, 0) is 6.54 Å². The molecule has 0 saturated carbocycles. The predicted octanol–water partition coefficient (Wildman–Crippen LogP) is 2.59. The molecule has 0 spiro atoms. The number of hydrogen-bond donors (Lipinski definition) is 1. The molecule has 15 heavy (non-hydrogen) atoms. The van der Waals surface area contributed by atoms with E-state index in [-0.39, 0.29) is 0 Å². The molecule has 0 saturated heterocycles. The summed E-state index contributed by atoms with van der Waals surface area (Å²) in [4.78, 5) is 0.995. The lowest BCUT2D eigenvalue weighted by Gasteiger charge is -1.89. The third-order valence-electron chi connectivity index (χ3n) is 1.86. The van der Waals surface area contributed by atoms with Crippen LogP contribution in [0.2, 0.25) is 0 Å². The van der Waals surface area contributed by atoms with Gasteiger partial charge in [0, 0.05) is 0 Å². The zero-order valence-electron chi connectivity index (χ0n) is 8.37. The SMILES string of the molecule is CNCc1nnc(-c2cc(C)c(Br)s2)o1. The van der Waals surface area contributed by atoms with E-state index in [0.29, 0.717) is 18.3 Å². The van der Waals surface area contributed by atoms with Crippen LogP contribution in [0.5, 0.6) is 0 Å². The molecule has 0 aliphatic heterocycles. The molecule has 4 nitrogen and oxygen atoms in total. The van der Waals surface area contributed by atoms with Crippen molar-refractivity contribution in [2.45, 2.75) is 13.5 Å². The first-order valence-electron chi connectivity index (χ1n) is 4.44. The van der Waals surface area contributed by atoms with Gasteiger partial charge in [-0.1, -0.05) is 0 Å². The van der Waals surface area contributed by atoms with Gasteiger partial charge in [-0.25, -0.2) is 0 Å². The first-order chi connectivity index (χ1) is 7.20. The molecular formula is C9H10BrN3OS. The molecule has 0 amide bonds. The Morgan fingerprint density at radius 2 is 2.33 bits per heavy atom. The Hall–Kier alpha value is -0.720. The monoisotopic (exact) mass is 287 g/mol. The standard InChI is InChI=1S/C9H10BrN3OS/c1-5-3-6(15-8(5)10)9-13-12-7(14-9)4-11-2/h3,11H,4H2,1-2H3. The van der Waals surface area contributed by atoms with E-state index >= 15 is 0 Å². The zero-order chi connectivity index (χ0) is 10.8. The summed E-state index contributed by atoms with van der Waals surface area (Å²) < 4.78 is 6.59. The van der Waals surface area contributed by atoms with Crippen LogP contribution in [0.4, 0.5) is 0 Å². The normalized spacial score (nSPS) is 10.9. The molecule has 0 fully saturated rings. The van der Waals surface area contributed by atoms with Crippen molar-refractivity contribution in [3.63, 3.8) is 0 Å². The van der Waals surface area contributed by atoms with Gasteiger partial charge in [0.2, 0.25) is 5.89 Å². The van der Waals surface area contributed by atoms with Gasteiger partial charge in [-0.15, -0.1) is 21.5 Å². The molecule has 0 bridgehead atoms. The summed E-state index contributed by atoms with van der Waals surface area (Å²) in [7, 11) is 1.84. The quantitative estimate of drug-likeness (QED) is 0.943. The molecule has 0 aromatic carbocycles. The van der Waals surface area contributed by atoms with Crippen LogP contribution in [0, 0.1) is 6.92 Å². The first-order valence-corrected chi connectivity index (χ1v) is 6.05. The van der Waals surface area contributed by atoms with Crippen LogP contribution in [0.3, 0.4) is 0 Å². The zero-order valence-corrected chi connectivity index (χ0v) is 10.8. The molecule has 80 valence electrons. The summed E-state index contributed by atoms with van der Waals surface area (Å²) in [6.07, 6.45) is 0. The highest BCUT2D eigenvalue weighted by molar-refractivity contribution is 9.11. The molecule has 6 heteroatoms. The van der Waals surface area contributed by atoms with Gasteiger partial charge in [0.1, 0.15) is 0 Å². The summed E-state index contributed by atoms with van der Waals surface area (Å²) >= 11 is 5.07. The number of halogens is 1. The van der Waals surface area contributed by atoms with Gasteiger partial charge in [-0.05, 0) is 41.5 Å². The number of rotatable bonds is 3. The van der Waals surface area contributed by atoms with Crippen LogP contribution in [0.1, 0.15) is 11.5 Å². The average molecular weight is 288 g/mol. The maximum Gasteiger partial charge on any atom is 0.257 e. The number of nitrogens with one attached hydrogen (secondary N) is 1. The molecular weight excluding hydrogens is 278 g/mol. The van der Waals surface area contributed by atoms with Crippen LogP contribution in [0.25, 0.3) is 10.8 Å². The Morgan fingerprint density at radius 3 is 2.93 bits per heavy atom. The number of thiophene rings is 1. The average Bonchev–Trinajstić information content (AvgIpc) is 2.76. The minimum Gasteiger partial charge on any atom is -0.419 e. The van der Waals surface area contributed by atoms with Crippen molar-refractivity contribution in [1.82, 2.24) is 15.5 Å². The van der Waals surface area contributed by atoms with Crippen molar-refractivity contribution in [3.8, 4) is 10.8 Å². The Morgan fingerprint density at radius 1 is 1.53 bits per heavy atom. The Balaban J connectivity index is 2.28. The lowest BCUT2D eigenvalue weighted by molar-refractivity contribution is 0.491. The van der Waals surface area contributed by atoms with Crippen molar-refractivity contribution in [2.75, 3.05) is 7.05 Å². The van der Waals surface area contributed by atoms with Gasteiger partial charge in [-0.3, -0.25) is 0 Å². The summed E-state index contributed by atoms with van der Waals surface area (Å²) in [5.41, 5.74) is 1.18. The molecule has 0 aliphatic rings. The summed E-state index contributed by atoms with van der Waals surface area (Å²) in [6.45, 7) is 2.63. The van der Waals surface area contributed by atoms with Gasteiger partial charge in [0.05, 0.1) is 15.2 Å². The van der Waals surface area contributed by atoms with Crippen LogP contribution < -0.4 is 5.32 Å². The van der Waals surface area contributed by atoms with Crippen molar-refractivity contribution in [1.29, 1.82) is 0 Å². The van der Waals surface area contributed by atoms with Gasteiger partial charge < -0.3 is 9.73 Å². The highest BCUT2D eigenvalue weighted by Gasteiger charge is 2.11. The number of aromatic nitrogens is 2. The highest BCUT2D eigenvalue weighted by atomic mass is 79.9. The fourth-order valence-electron chi connectivity index (χ4n) is 1.14. The second kappa shape index (κ2) is 4.42. The molecule has 2 aromatic rings. The van der Waals surface area contributed by atoms with E-state index in [0.717, 1.165) is 8.66 Å². The fourth-order valence-corrected chi connectivity index (χ4v) is 2.60. The van der Waals surface area contributed by atoms with E-state index in [2.05, 4.69) is 31.4 Å². The largest absolute Gasteiger partial charge is 0.419 e. The molecule has 1 N–H and O–H groups in total. The van der Waals surface area contributed by atoms with Gasteiger partial charge >= 0.3 is 0 Å². The van der Waals surface area contributed by atoms with E-state index in [4.69, 9.17) is 4.42 Å². The summed E-state index contributed by atoms with van der Waals surface area (Å²) in [5, 5.41) is 10.9. The highest BCUT2D eigenvalue weighted by Crippen LogP contribution is 2.33. The van der Waals surface area contributed by atoms with Crippen LogP contribution in [0.15, 0.2) is 14.3 Å². The summed E-state index contributed by atoms with van der Waals surface area (Å²) in [6, 6.07) is 2.03. The third-order valence-corrected chi connectivity index (χ3v) is 3.99. The summed E-state index contributed by atoms with van der Waals surface area (Å²) in [5.74, 6) is 1.19. The van der Waals surface area contributed by atoms with E-state index in [1.165, 1.54) is 5.56 Å². The number of nitrogens with zero attached hydrogens (tertiary/aromatic N) is 2. The molecule has 2 rings (SSSR count). The smallest absolute Gasteiger partial charge is 0.257 e. The van der Waals surface area contributed by atoms with Crippen molar-refractivity contribution >= 4 is 27.3 Å². The van der Waals surface area contributed by atoms with E-state index in [1.807, 2.05) is 20.0 Å². The molecule has 0 radical (unpaired) electrons. The second-order valence-corrected chi connectivity index (χ2v) is 5.47. The molecule has 0 unspecified atom stereocenters. The third kappa shape index (κ3) is 2.27. The molecule has 2 aromatic heterocycles. The van der Waals surface area contributed by atoms with Crippen LogP contribution >= 0.6 is 27.3 Å². The van der Waals surface area contributed by atoms with Crippen molar-refractivity contribution in [3.05, 3.63) is 21.3 Å². The maximum absolute atomic E-state index is 5.48. The minimum atomic E-state index is 0.582. The van der Waals surface area contributed by atoms with E-state index in [9.17, 15) is 0 Å². The predicted molar refractivity (Wildman–Crippen MR) is 62.8 cm³/mol. The lowest BCUT2D eigenvalue weighted by atomic mass is 10.3. The van der Waals surface area contributed by atoms with Gasteiger partial charge in [0.15, 0.2) is 0 Å². The fraction of sp³-hybridized carbons (Fsp3) is 0.333. The molecule has 0 aliphatic carbocycles. The van der Waals surface area contributed by atoms with E-state index < -0.39 is 0 Å².